The predicted molar refractivity (Wildman–Crippen MR) is 73.7 cm³/mol. The molecule has 1 saturated heterocycles. The van der Waals surface area contributed by atoms with Crippen molar-refractivity contribution < 1.29 is 8.42 Å². The van der Waals surface area contributed by atoms with Crippen molar-refractivity contribution in [1.29, 1.82) is 0 Å². The summed E-state index contributed by atoms with van der Waals surface area (Å²) in [6.45, 7) is 5.07. The first-order valence-corrected chi connectivity index (χ1v) is 8.65. The summed E-state index contributed by atoms with van der Waals surface area (Å²) in [7, 11) is -3.06. The molecule has 0 aromatic carbocycles. The van der Waals surface area contributed by atoms with Crippen LogP contribution in [0.25, 0.3) is 0 Å². The van der Waals surface area contributed by atoms with E-state index in [0.29, 0.717) is 32.8 Å². The molecule has 1 aliphatic heterocycles. The highest BCUT2D eigenvalue weighted by atomic mass is 32.2. The van der Waals surface area contributed by atoms with Gasteiger partial charge in [0.15, 0.2) is 3.95 Å². The van der Waals surface area contributed by atoms with E-state index in [1.54, 1.807) is 4.68 Å². The van der Waals surface area contributed by atoms with E-state index in [4.69, 9.17) is 12.2 Å². The Morgan fingerprint density at radius 3 is 2.39 bits per heavy atom. The van der Waals surface area contributed by atoms with E-state index < -0.39 is 10.0 Å². The van der Waals surface area contributed by atoms with E-state index in [1.807, 2.05) is 6.92 Å². The number of nitrogens with zero attached hydrogens (tertiary/aromatic N) is 4. The Hall–Kier alpha value is -0.350. The van der Waals surface area contributed by atoms with Gasteiger partial charge in [-0.1, -0.05) is 11.3 Å². The van der Waals surface area contributed by atoms with Gasteiger partial charge in [-0.3, -0.25) is 4.90 Å². The topological polar surface area (TPSA) is 58.4 Å². The van der Waals surface area contributed by atoms with Crippen LogP contribution in [0.3, 0.4) is 0 Å². The lowest BCUT2D eigenvalue weighted by molar-refractivity contribution is 0.145. The SMILES string of the molecule is Cc1nn(CN2CCN(S(C)(=O)=O)CC2)c(=S)s1. The van der Waals surface area contributed by atoms with Crippen molar-refractivity contribution in [2.75, 3.05) is 32.4 Å². The fraction of sp³-hybridized carbons (Fsp3) is 0.778. The van der Waals surface area contributed by atoms with Gasteiger partial charge in [0.25, 0.3) is 0 Å². The molecule has 18 heavy (non-hydrogen) atoms. The van der Waals surface area contributed by atoms with Crippen molar-refractivity contribution >= 4 is 33.6 Å². The molecular formula is C9H16N4O2S3. The van der Waals surface area contributed by atoms with Gasteiger partial charge in [-0.2, -0.15) is 9.40 Å². The van der Waals surface area contributed by atoms with Gasteiger partial charge in [0.2, 0.25) is 10.0 Å². The maximum Gasteiger partial charge on any atom is 0.211 e. The molecule has 1 fully saturated rings. The molecule has 1 aliphatic rings. The zero-order valence-corrected chi connectivity index (χ0v) is 12.8. The maximum absolute atomic E-state index is 11.4. The fourth-order valence-electron chi connectivity index (χ4n) is 1.89. The monoisotopic (exact) mass is 308 g/mol. The average molecular weight is 308 g/mol. The highest BCUT2D eigenvalue weighted by Crippen LogP contribution is 2.10. The van der Waals surface area contributed by atoms with Crippen molar-refractivity contribution in [1.82, 2.24) is 19.0 Å². The maximum atomic E-state index is 11.4. The molecule has 0 spiro atoms. The molecule has 6 nitrogen and oxygen atoms in total. The van der Waals surface area contributed by atoms with Gasteiger partial charge < -0.3 is 0 Å². The van der Waals surface area contributed by atoms with Crippen LogP contribution in [0.2, 0.25) is 0 Å². The average Bonchev–Trinajstić information content (AvgIpc) is 2.57. The van der Waals surface area contributed by atoms with Gasteiger partial charge in [-0.25, -0.2) is 13.1 Å². The first kappa shape index (κ1) is 14.1. The highest BCUT2D eigenvalue weighted by molar-refractivity contribution is 7.88. The van der Waals surface area contributed by atoms with Crippen LogP contribution in [0.15, 0.2) is 0 Å². The first-order valence-electron chi connectivity index (χ1n) is 5.58. The summed E-state index contributed by atoms with van der Waals surface area (Å²) in [4.78, 5) is 2.16. The lowest BCUT2D eigenvalue weighted by Crippen LogP contribution is -2.48. The number of aromatic nitrogens is 2. The summed E-state index contributed by atoms with van der Waals surface area (Å²) in [5.74, 6) is 0. The summed E-state index contributed by atoms with van der Waals surface area (Å²) < 4.78 is 26.8. The van der Waals surface area contributed by atoms with Gasteiger partial charge in [0, 0.05) is 26.2 Å². The molecule has 1 aromatic heterocycles. The Labute approximate surface area is 116 Å². The third-order valence-corrected chi connectivity index (χ3v) is 5.37. The molecule has 2 rings (SSSR count). The lowest BCUT2D eigenvalue weighted by Gasteiger charge is -2.32. The number of hydrogen-bond acceptors (Lipinski definition) is 6. The smallest absolute Gasteiger partial charge is 0.211 e. The second-order valence-electron chi connectivity index (χ2n) is 4.31. The normalized spacial score (nSPS) is 19.2. The van der Waals surface area contributed by atoms with E-state index >= 15 is 0 Å². The van der Waals surface area contributed by atoms with Crippen molar-refractivity contribution in [3.8, 4) is 0 Å². The summed E-state index contributed by atoms with van der Waals surface area (Å²) in [5, 5.41) is 5.28. The molecule has 2 heterocycles. The minimum Gasteiger partial charge on any atom is -0.282 e. The number of piperazine rings is 1. The third-order valence-electron chi connectivity index (χ3n) is 2.84. The first-order chi connectivity index (χ1) is 8.36. The summed E-state index contributed by atoms with van der Waals surface area (Å²) >= 11 is 6.71. The molecule has 0 amide bonds. The molecule has 0 saturated carbocycles. The molecule has 0 N–H and O–H groups in total. The summed E-state index contributed by atoms with van der Waals surface area (Å²) in [6.07, 6.45) is 1.25. The van der Waals surface area contributed by atoms with Crippen LogP contribution >= 0.6 is 23.6 Å². The Morgan fingerprint density at radius 2 is 1.94 bits per heavy atom. The van der Waals surface area contributed by atoms with E-state index in [0.717, 1.165) is 8.96 Å². The van der Waals surface area contributed by atoms with Crippen LogP contribution < -0.4 is 0 Å². The van der Waals surface area contributed by atoms with Gasteiger partial charge in [0.1, 0.15) is 5.01 Å². The molecule has 0 atom stereocenters. The number of sulfonamides is 1. The summed E-state index contributed by atoms with van der Waals surface area (Å²) in [5.41, 5.74) is 0. The molecule has 1 aromatic rings. The predicted octanol–water partition coefficient (Wildman–Crippen LogP) is 0.517. The Balaban J connectivity index is 1.95. The molecule has 0 bridgehead atoms. The molecule has 9 heteroatoms. The van der Waals surface area contributed by atoms with Crippen LogP contribution in [-0.4, -0.2) is 59.8 Å². The summed E-state index contributed by atoms with van der Waals surface area (Å²) in [6, 6.07) is 0. The van der Waals surface area contributed by atoms with Crippen LogP contribution in [-0.2, 0) is 16.7 Å². The largest absolute Gasteiger partial charge is 0.282 e. The van der Waals surface area contributed by atoms with Crippen molar-refractivity contribution in [2.24, 2.45) is 0 Å². The van der Waals surface area contributed by atoms with Gasteiger partial charge in [-0.05, 0) is 19.1 Å². The minimum absolute atomic E-state index is 0.537. The number of rotatable bonds is 3. The Kier molecular flexibility index (Phi) is 4.17. The van der Waals surface area contributed by atoms with Gasteiger partial charge in [-0.15, -0.1) is 0 Å². The number of hydrogen-bond donors (Lipinski definition) is 0. The molecule has 0 unspecified atom stereocenters. The zero-order chi connectivity index (χ0) is 13.3. The van der Waals surface area contributed by atoms with Crippen LogP contribution in [0.5, 0.6) is 0 Å². The van der Waals surface area contributed by atoms with Gasteiger partial charge >= 0.3 is 0 Å². The zero-order valence-electron chi connectivity index (χ0n) is 10.4. The second kappa shape index (κ2) is 5.33. The molecule has 0 radical (unpaired) electrons. The Morgan fingerprint density at radius 1 is 1.33 bits per heavy atom. The number of aryl methyl sites for hydroxylation is 1. The van der Waals surface area contributed by atoms with Crippen molar-refractivity contribution in [2.45, 2.75) is 13.6 Å². The van der Waals surface area contributed by atoms with E-state index in [1.165, 1.54) is 21.9 Å². The van der Waals surface area contributed by atoms with E-state index in [9.17, 15) is 8.42 Å². The Bertz CT molecular complexity index is 569. The van der Waals surface area contributed by atoms with Crippen molar-refractivity contribution in [3.05, 3.63) is 8.96 Å². The quantitative estimate of drug-likeness (QED) is 0.762. The highest BCUT2D eigenvalue weighted by Gasteiger charge is 2.23. The fourth-order valence-corrected chi connectivity index (χ4v) is 3.77. The minimum atomic E-state index is -3.06. The van der Waals surface area contributed by atoms with Crippen LogP contribution in [0, 0.1) is 10.9 Å². The van der Waals surface area contributed by atoms with E-state index in [-0.39, 0.29) is 0 Å². The van der Waals surface area contributed by atoms with Crippen LogP contribution in [0.4, 0.5) is 0 Å². The van der Waals surface area contributed by atoms with Crippen molar-refractivity contribution in [3.63, 3.8) is 0 Å². The molecule has 0 aliphatic carbocycles. The second-order valence-corrected chi connectivity index (χ2v) is 8.12. The lowest BCUT2D eigenvalue weighted by atomic mass is 10.4. The van der Waals surface area contributed by atoms with E-state index in [2.05, 4.69) is 10.00 Å². The third kappa shape index (κ3) is 3.35. The van der Waals surface area contributed by atoms with Gasteiger partial charge in [0.05, 0.1) is 12.9 Å². The molecular weight excluding hydrogens is 292 g/mol. The molecule has 102 valence electrons. The van der Waals surface area contributed by atoms with Crippen LogP contribution in [0.1, 0.15) is 5.01 Å². The standard InChI is InChI=1S/C9H16N4O2S3/c1-8-10-13(9(16)17-8)7-11-3-5-12(6-4-11)18(2,14)15/h3-7H2,1-2H3.